The molecule has 2 saturated heterocycles. The molecule has 2 aliphatic rings. The summed E-state index contributed by atoms with van der Waals surface area (Å²) in [7, 11) is 1.43. The van der Waals surface area contributed by atoms with Gasteiger partial charge in [0.1, 0.15) is 35.5 Å². The predicted molar refractivity (Wildman–Crippen MR) is 144 cm³/mol. The van der Waals surface area contributed by atoms with Crippen molar-refractivity contribution in [2.24, 2.45) is 7.05 Å². The maximum atomic E-state index is 15.2. The van der Waals surface area contributed by atoms with Crippen molar-refractivity contribution in [3.8, 4) is 17.5 Å². The Balaban J connectivity index is 1.44. The third-order valence-corrected chi connectivity index (χ3v) is 7.43. The molecule has 3 aromatic rings. The van der Waals surface area contributed by atoms with Crippen molar-refractivity contribution < 1.29 is 14.2 Å². The van der Waals surface area contributed by atoms with Gasteiger partial charge in [0, 0.05) is 30.7 Å². The molecule has 0 saturated carbocycles. The average Bonchev–Trinajstić information content (AvgIpc) is 3.51. The van der Waals surface area contributed by atoms with Gasteiger partial charge in [0.05, 0.1) is 18.0 Å². The van der Waals surface area contributed by atoms with Gasteiger partial charge in [-0.05, 0) is 69.5 Å². The van der Waals surface area contributed by atoms with Gasteiger partial charge in [0.15, 0.2) is 5.82 Å². The number of tetrazole rings is 1. The molecular weight excluding hydrogens is 519 g/mol. The molecule has 14 heteroatoms. The molecule has 40 heavy (non-hydrogen) atoms. The molecule has 2 fully saturated rings. The van der Waals surface area contributed by atoms with Crippen LogP contribution in [0, 0.1) is 17.1 Å². The van der Waals surface area contributed by atoms with Crippen molar-refractivity contribution in [2.75, 3.05) is 23.8 Å². The van der Waals surface area contributed by atoms with Gasteiger partial charge in [-0.15, -0.1) is 0 Å². The molecule has 2 aliphatic heterocycles. The van der Waals surface area contributed by atoms with E-state index in [2.05, 4.69) is 55.8 Å². The van der Waals surface area contributed by atoms with Crippen molar-refractivity contribution >= 4 is 17.5 Å². The van der Waals surface area contributed by atoms with Crippen LogP contribution in [0.3, 0.4) is 0 Å². The summed E-state index contributed by atoms with van der Waals surface area (Å²) in [5.41, 5.74) is -0.204. The Labute approximate surface area is 230 Å². The molecule has 3 atom stereocenters. The smallest absolute Gasteiger partial charge is 0.368 e. The largest absolute Gasteiger partial charge is 0.489 e. The van der Waals surface area contributed by atoms with Gasteiger partial charge >= 0.3 is 5.69 Å². The summed E-state index contributed by atoms with van der Waals surface area (Å²) in [6.45, 7) is 6.99. The summed E-state index contributed by atoms with van der Waals surface area (Å²) in [5, 5.41) is 33.2. The Bertz CT molecular complexity index is 1490. The summed E-state index contributed by atoms with van der Waals surface area (Å²) < 4.78 is 22.8. The maximum Gasteiger partial charge on any atom is 0.368 e. The van der Waals surface area contributed by atoms with Crippen molar-refractivity contribution in [3.63, 3.8) is 0 Å². The normalized spacial score (nSPS) is 20.9. The van der Waals surface area contributed by atoms with Crippen LogP contribution >= 0.6 is 0 Å². The van der Waals surface area contributed by atoms with E-state index in [-0.39, 0.29) is 46.8 Å². The number of aliphatic hydroxyl groups excluding tert-OH is 1. The molecule has 2 aromatic heterocycles. The molecule has 4 heterocycles. The molecule has 0 radical (unpaired) electrons. The minimum atomic E-state index is -0.822. The average molecular weight is 553 g/mol. The topological polar surface area (TPSA) is 159 Å². The number of hydrogen-bond donors (Lipinski definition) is 3. The number of nitrogens with zero attached hydrogens (tertiary/aromatic N) is 8. The molecule has 0 aliphatic carbocycles. The van der Waals surface area contributed by atoms with Gasteiger partial charge < -0.3 is 20.5 Å². The molecule has 0 amide bonds. The van der Waals surface area contributed by atoms with Crippen molar-refractivity contribution in [3.05, 3.63) is 40.2 Å². The van der Waals surface area contributed by atoms with E-state index in [0.29, 0.717) is 11.9 Å². The fraction of sp³-hybridized carbons (Fsp3) is 0.538. The number of piperidine rings is 1. The van der Waals surface area contributed by atoms with Gasteiger partial charge in [-0.25, -0.2) is 14.2 Å². The third-order valence-electron chi connectivity index (χ3n) is 7.43. The molecule has 3 N–H and O–H groups in total. The monoisotopic (exact) mass is 552 g/mol. The van der Waals surface area contributed by atoms with E-state index in [9.17, 15) is 15.2 Å². The number of aromatic nitrogens is 6. The zero-order valence-electron chi connectivity index (χ0n) is 22.9. The minimum absolute atomic E-state index is 0.00415. The SMILES string of the molecule is C[C@@H](O)COc1cc(F)c(Nc2ncc(C#N)c(N[C@@H]3C[C@H]4CCCN4C(C)(C)C3)n2)cc1-n1nnn(C)c1=O. The van der Waals surface area contributed by atoms with Crippen molar-refractivity contribution in [1.29, 1.82) is 5.26 Å². The lowest BCUT2D eigenvalue weighted by atomic mass is 9.84. The molecule has 1 aromatic carbocycles. The summed E-state index contributed by atoms with van der Waals surface area (Å²) in [6, 6.07) is 5.14. The van der Waals surface area contributed by atoms with E-state index < -0.39 is 17.6 Å². The highest BCUT2D eigenvalue weighted by Gasteiger charge is 2.43. The lowest BCUT2D eigenvalue weighted by molar-refractivity contribution is 0.0501. The maximum absolute atomic E-state index is 15.2. The molecule has 13 nitrogen and oxygen atoms in total. The lowest BCUT2D eigenvalue weighted by Crippen LogP contribution is -2.55. The van der Waals surface area contributed by atoms with Crippen LogP contribution in [0.5, 0.6) is 5.75 Å². The highest BCUT2D eigenvalue weighted by Crippen LogP contribution is 2.39. The van der Waals surface area contributed by atoms with Crippen LogP contribution in [0.15, 0.2) is 23.1 Å². The van der Waals surface area contributed by atoms with E-state index >= 15 is 4.39 Å². The van der Waals surface area contributed by atoms with Gasteiger partial charge in [-0.1, -0.05) is 0 Å². The highest BCUT2D eigenvalue weighted by atomic mass is 19.1. The van der Waals surface area contributed by atoms with E-state index in [4.69, 9.17) is 4.74 Å². The first-order chi connectivity index (χ1) is 19.1. The van der Waals surface area contributed by atoms with E-state index in [1.807, 2.05) is 0 Å². The number of halogens is 1. The van der Waals surface area contributed by atoms with Crippen molar-refractivity contribution in [1.82, 2.24) is 34.7 Å². The summed E-state index contributed by atoms with van der Waals surface area (Å²) in [5.74, 6) is -0.280. The Kier molecular flexibility index (Phi) is 7.43. The van der Waals surface area contributed by atoms with Gasteiger partial charge in [0.25, 0.3) is 0 Å². The van der Waals surface area contributed by atoms with E-state index in [1.165, 1.54) is 32.7 Å². The van der Waals surface area contributed by atoms with Crippen LogP contribution in [0.2, 0.25) is 0 Å². The minimum Gasteiger partial charge on any atom is -0.489 e. The zero-order chi connectivity index (χ0) is 28.6. The summed E-state index contributed by atoms with van der Waals surface area (Å²) in [6.07, 6.45) is 4.73. The van der Waals surface area contributed by atoms with Crippen LogP contribution in [-0.2, 0) is 7.05 Å². The number of nitrogens with one attached hydrogen (secondary N) is 2. The quantitative estimate of drug-likeness (QED) is 0.376. The van der Waals surface area contributed by atoms with Gasteiger partial charge in [0.2, 0.25) is 5.95 Å². The summed E-state index contributed by atoms with van der Waals surface area (Å²) >= 11 is 0. The number of anilines is 3. The molecule has 0 unspecified atom stereocenters. The second-order valence-corrected chi connectivity index (χ2v) is 11.0. The molecule has 0 spiro atoms. The predicted octanol–water partition coefficient (Wildman–Crippen LogP) is 2.09. The number of nitriles is 1. The number of hydrogen-bond acceptors (Lipinski definition) is 11. The van der Waals surface area contributed by atoms with Crippen LogP contribution in [0.25, 0.3) is 5.69 Å². The highest BCUT2D eigenvalue weighted by molar-refractivity contribution is 5.64. The third kappa shape index (κ3) is 5.47. The first kappa shape index (κ1) is 27.5. The zero-order valence-corrected chi connectivity index (χ0v) is 22.9. The molecule has 5 rings (SSSR count). The van der Waals surface area contributed by atoms with Crippen LogP contribution in [0.4, 0.5) is 21.8 Å². The fourth-order valence-corrected chi connectivity index (χ4v) is 5.66. The fourth-order valence-electron chi connectivity index (χ4n) is 5.66. The first-order valence-electron chi connectivity index (χ1n) is 13.3. The second-order valence-electron chi connectivity index (χ2n) is 11.0. The van der Waals surface area contributed by atoms with Gasteiger partial charge in [-0.3, -0.25) is 4.90 Å². The Morgan fingerprint density at radius 3 is 2.85 bits per heavy atom. The summed E-state index contributed by atoms with van der Waals surface area (Å²) in [4.78, 5) is 23.8. The van der Waals surface area contributed by atoms with E-state index in [1.54, 1.807) is 0 Å². The van der Waals surface area contributed by atoms with Crippen LogP contribution in [-0.4, -0.2) is 76.6 Å². The number of ether oxygens (including phenoxy) is 1. The second kappa shape index (κ2) is 10.8. The number of fused-ring (bicyclic) bond motifs is 1. The first-order valence-corrected chi connectivity index (χ1v) is 13.3. The van der Waals surface area contributed by atoms with Crippen molar-refractivity contribution in [2.45, 2.75) is 70.2 Å². The number of aryl methyl sites for hydroxylation is 1. The van der Waals surface area contributed by atoms with E-state index in [0.717, 1.165) is 41.2 Å². The van der Waals surface area contributed by atoms with Crippen LogP contribution in [0.1, 0.15) is 52.0 Å². The molecule has 212 valence electrons. The number of benzene rings is 1. The van der Waals surface area contributed by atoms with Gasteiger partial charge in [-0.2, -0.15) is 19.6 Å². The number of rotatable bonds is 8. The number of aliphatic hydroxyl groups is 1. The lowest BCUT2D eigenvalue weighted by Gasteiger charge is -2.47. The molecule has 0 bridgehead atoms. The Morgan fingerprint density at radius 2 is 2.15 bits per heavy atom. The molecular formula is C26H33FN10O3. The van der Waals surface area contributed by atoms with Crippen LogP contribution < -0.4 is 21.1 Å². The Morgan fingerprint density at radius 1 is 1.35 bits per heavy atom. The standard InChI is InChI=1S/C26H33FN10O3/c1-15(38)14-40-22-9-19(27)20(10-21(22)37-25(39)35(4)33-34-37)31-24-29-13-16(12-28)23(32-24)30-17-8-18-6-5-7-36(18)26(2,3)11-17/h9-10,13,15,17-18,38H,5-8,11,14H2,1-4H3,(H2,29,30,31,32)/t15-,17-,18-/m1/s1. The Hall–Kier alpha value is -4.09.